The molecule has 1 aromatic carbocycles. The number of amides is 1. The SMILES string of the molecule is COc1cccc(C(C)NC(=O)CC2CCCN2)c1. The van der Waals surface area contributed by atoms with Crippen molar-refractivity contribution in [2.24, 2.45) is 0 Å². The summed E-state index contributed by atoms with van der Waals surface area (Å²) < 4.78 is 5.19. The first-order valence-electron chi connectivity index (χ1n) is 6.85. The number of methoxy groups -OCH3 is 1. The van der Waals surface area contributed by atoms with E-state index in [1.807, 2.05) is 31.2 Å². The van der Waals surface area contributed by atoms with E-state index in [4.69, 9.17) is 4.74 Å². The van der Waals surface area contributed by atoms with Gasteiger partial charge in [-0.25, -0.2) is 0 Å². The summed E-state index contributed by atoms with van der Waals surface area (Å²) in [5, 5.41) is 6.38. The second-order valence-electron chi connectivity index (χ2n) is 5.06. The molecule has 1 heterocycles. The topological polar surface area (TPSA) is 50.4 Å². The number of hydrogen-bond donors (Lipinski definition) is 2. The molecule has 1 aromatic rings. The second kappa shape index (κ2) is 6.57. The minimum Gasteiger partial charge on any atom is -0.497 e. The number of nitrogens with one attached hydrogen (secondary N) is 2. The maximum Gasteiger partial charge on any atom is 0.222 e. The predicted molar refractivity (Wildman–Crippen MR) is 75.2 cm³/mol. The maximum absolute atomic E-state index is 12.0. The summed E-state index contributed by atoms with van der Waals surface area (Å²) >= 11 is 0. The lowest BCUT2D eigenvalue weighted by molar-refractivity contribution is -0.122. The average molecular weight is 262 g/mol. The van der Waals surface area contributed by atoms with Gasteiger partial charge < -0.3 is 15.4 Å². The van der Waals surface area contributed by atoms with Crippen LogP contribution in [0.15, 0.2) is 24.3 Å². The Hall–Kier alpha value is -1.55. The number of rotatable bonds is 5. The van der Waals surface area contributed by atoms with E-state index in [1.165, 1.54) is 6.42 Å². The fraction of sp³-hybridized carbons (Fsp3) is 0.533. The summed E-state index contributed by atoms with van der Waals surface area (Å²) in [5.41, 5.74) is 1.06. The molecule has 104 valence electrons. The zero-order valence-electron chi connectivity index (χ0n) is 11.6. The fourth-order valence-electron chi connectivity index (χ4n) is 2.45. The van der Waals surface area contributed by atoms with Crippen LogP contribution in [0, 0.1) is 0 Å². The van der Waals surface area contributed by atoms with E-state index < -0.39 is 0 Å². The van der Waals surface area contributed by atoms with Gasteiger partial charge in [-0.1, -0.05) is 12.1 Å². The third kappa shape index (κ3) is 3.96. The predicted octanol–water partition coefficient (Wildman–Crippen LogP) is 2.01. The van der Waals surface area contributed by atoms with Crippen molar-refractivity contribution >= 4 is 5.91 Å². The van der Waals surface area contributed by atoms with Gasteiger partial charge in [-0.05, 0) is 44.0 Å². The van der Waals surface area contributed by atoms with Gasteiger partial charge in [0, 0.05) is 12.5 Å². The van der Waals surface area contributed by atoms with Crippen LogP contribution in [0.1, 0.15) is 37.8 Å². The smallest absolute Gasteiger partial charge is 0.222 e. The molecule has 4 heteroatoms. The average Bonchev–Trinajstić information content (AvgIpc) is 2.91. The summed E-state index contributed by atoms with van der Waals surface area (Å²) in [4.78, 5) is 12.0. The van der Waals surface area contributed by atoms with Crippen LogP contribution in [-0.4, -0.2) is 25.6 Å². The fourth-order valence-corrected chi connectivity index (χ4v) is 2.45. The Morgan fingerprint density at radius 2 is 2.42 bits per heavy atom. The van der Waals surface area contributed by atoms with E-state index in [1.54, 1.807) is 7.11 Å². The van der Waals surface area contributed by atoms with Gasteiger partial charge in [-0.3, -0.25) is 4.79 Å². The first-order valence-corrected chi connectivity index (χ1v) is 6.85. The van der Waals surface area contributed by atoms with Crippen LogP contribution < -0.4 is 15.4 Å². The minimum absolute atomic E-state index is 0.00371. The van der Waals surface area contributed by atoms with Gasteiger partial charge >= 0.3 is 0 Å². The molecule has 1 saturated heterocycles. The lowest BCUT2D eigenvalue weighted by Gasteiger charge is -2.17. The lowest BCUT2D eigenvalue weighted by Crippen LogP contribution is -2.33. The Labute approximate surface area is 114 Å². The normalized spacial score (nSPS) is 20.0. The molecule has 1 amide bonds. The molecule has 0 saturated carbocycles. The number of carbonyl (C=O) groups excluding carboxylic acids is 1. The molecule has 0 spiro atoms. The number of hydrogen-bond acceptors (Lipinski definition) is 3. The molecular weight excluding hydrogens is 240 g/mol. The highest BCUT2D eigenvalue weighted by Crippen LogP contribution is 2.19. The van der Waals surface area contributed by atoms with E-state index >= 15 is 0 Å². The van der Waals surface area contributed by atoms with Crippen molar-refractivity contribution in [3.05, 3.63) is 29.8 Å². The highest BCUT2D eigenvalue weighted by molar-refractivity contribution is 5.77. The van der Waals surface area contributed by atoms with Crippen molar-refractivity contribution in [1.29, 1.82) is 0 Å². The molecule has 0 aromatic heterocycles. The van der Waals surface area contributed by atoms with Crippen molar-refractivity contribution in [1.82, 2.24) is 10.6 Å². The van der Waals surface area contributed by atoms with Gasteiger partial charge in [-0.2, -0.15) is 0 Å². The molecule has 2 unspecified atom stereocenters. The first-order chi connectivity index (χ1) is 9.19. The van der Waals surface area contributed by atoms with Crippen molar-refractivity contribution in [3.63, 3.8) is 0 Å². The van der Waals surface area contributed by atoms with E-state index in [9.17, 15) is 4.79 Å². The molecule has 2 rings (SSSR count). The molecule has 19 heavy (non-hydrogen) atoms. The van der Waals surface area contributed by atoms with E-state index in [0.29, 0.717) is 12.5 Å². The lowest BCUT2D eigenvalue weighted by atomic mass is 10.1. The van der Waals surface area contributed by atoms with Crippen molar-refractivity contribution < 1.29 is 9.53 Å². The van der Waals surface area contributed by atoms with Gasteiger partial charge in [0.2, 0.25) is 5.91 Å². The van der Waals surface area contributed by atoms with E-state index in [-0.39, 0.29) is 11.9 Å². The van der Waals surface area contributed by atoms with Crippen LogP contribution in [0.25, 0.3) is 0 Å². The minimum atomic E-state index is 0.00371. The third-order valence-corrected chi connectivity index (χ3v) is 3.57. The van der Waals surface area contributed by atoms with E-state index in [2.05, 4.69) is 10.6 Å². The number of ether oxygens (including phenoxy) is 1. The van der Waals surface area contributed by atoms with Gasteiger partial charge in [0.15, 0.2) is 0 Å². The first kappa shape index (κ1) is 13.9. The van der Waals surface area contributed by atoms with Crippen LogP contribution in [0.2, 0.25) is 0 Å². The Kier molecular flexibility index (Phi) is 4.80. The summed E-state index contributed by atoms with van der Waals surface area (Å²) in [6.07, 6.45) is 2.83. The maximum atomic E-state index is 12.0. The molecule has 1 aliphatic rings. The summed E-state index contributed by atoms with van der Waals surface area (Å²) in [6.45, 7) is 3.03. The Balaban J connectivity index is 1.88. The van der Waals surface area contributed by atoms with Crippen molar-refractivity contribution in [3.8, 4) is 5.75 Å². The molecule has 2 atom stereocenters. The van der Waals surface area contributed by atoms with Gasteiger partial charge in [-0.15, -0.1) is 0 Å². The number of carbonyl (C=O) groups is 1. The molecule has 0 aliphatic carbocycles. The Bertz CT molecular complexity index is 428. The third-order valence-electron chi connectivity index (χ3n) is 3.57. The van der Waals surface area contributed by atoms with Crippen molar-refractivity contribution in [2.45, 2.75) is 38.3 Å². The van der Waals surface area contributed by atoms with Crippen LogP contribution in [-0.2, 0) is 4.79 Å². The second-order valence-corrected chi connectivity index (χ2v) is 5.06. The van der Waals surface area contributed by atoms with Gasteiger partial charge in [0.05, 0.1) is 13.2 Å². The van der Waals surface area contributed by atoms with Crippen LogP contribution in [0.5, 0.6) is 5.75 Å². The molecule has 1 fully saturated rings. The largest absolute Gasteiger partial charge is 0.497 e. The Morgan fingerprint density at radius 3 is 3.11 bits per heavy atom. The molecule has 0 radical (unpaired) electrons. The van der Waals surface area contributed by atoms with Gasteiger partial charge in [0.25, 0.3) is 0 Å². The number of benzene rings is 1. The monoisotopic (exact) mass is 262 g/mol. The molecule has 4 nitrogen and oxygen atoms in total. The zero-order valence-corrected chi connectivity index (χ0v) is 11.6. The van der Waals surface area contributed by atoms with E-state index in [0.717, 1.165) is 24.3 Å². The standard InChI is InChI=1S/C15H22N2O2/c1-11(12-5-3-7-14(9-12)19-2)17-15(18)10-13-6-4-8-16-13/h3,5,7,9,11,13,16H,4,6,8,10H2,1-2H3,(H,17,18). The van der Waals surface area contributed by atoms with Crippen molar-refractivity contribution in [2.75, 3.05) is 13.7 Å². The molecular formula is C15H22N2O2. The molecule has 2 N–H and O–H groups in total. The molecule has 1 aliphatic heterocycles. The summed E-state index contributed by atoms with van der Waals surface area (Å²) in [6, 6.07) is 8.15. The summed E-state index contributed by atoms with van der Waals surface area (Å²) in [5.74, 6) is 0.922. The van der Waals surface area contributed by atoms with Crippen LogP contribution in [0.3, 0.4) is 0 Å². The summed E-state index contributed by atoms with van der Waals surface area (Å²) in [7, 11) is 1.65. The Morgan fingerprint density at radius 1 is 1.58 bits per heavy atom. The molecule has 0 bridgehead atoms. The van der Waals surface area contributed by atoms with Crippen LogP contribution >= 0.6 is 0 Å². The van der Waals surface area contributed by atoms with Gasteiger partial charge in [0.1, 0.15) is 5.75 Å². The van der Waals surface area contributed by atoms with Crippen LogP contribution in [0.4, 0.5) is 0 Å². The zero-order chi connectivity index (χ0) is 13.7. The highest BCUT2D eigenvalue weighted by Gasteiger charge is 2.18. The highest BCUT2D eigenvalue weighted by atomic mass is 16.5. The quantitative estimate of drug-likeness (QED) is 0.853.